The molecule has 2 saturated heterocycles. The minimum Gasteiger partial charge on any atom is -0.395 e. The molecule has 5 heteroatoms. The van der Waals surface area contributed by atoms with Gasteiger partial charge in [-0.1, -0.05) is 24.3 Å². The minimum absolute atomic E-state index is 0.0566. The summed E-state index contributed by atoms with van der Waals surface area (Å²) in [5, 5.41) is 9.24. The molecule has 1 atom stereocenters. The first-order valence-corrected chi connectivity index (χ1v) is 10.0. The Bertz CT molecular complexity index is 639. The molecule has 4 rings (SSSR count). The van der Waals surface area contributed by atoms with Crippen LogP contribution >= 0.6 is 0 Å². The van der Waals surface area contributed by atoms with E-state index in [0.29, 0.717) is 19.0 Å². The number of carbonyl (C=O) groups is 1. The zero-order valence-corrected chi connectivity index (χ0v) is 15.9. The largest absolute Gasteiger partial charge is 0.395 e. The van der Waals surface area contributed by atoms with Crippen LogP contribution in [-0.2, 0) is 17.6 Å². The number of carbonyl (C=O) groups excluding carboxylic acids is 1. The number of fused-ring (bicyclic) bond motifs is 1. The van der Waals surface area contributed by atoms with Crippen LogP contribution in [0.15, 0.2) is 24.3 Å². The predicted molar refractivity (Wildman–Crippen MR) is 102 cm³/mol. The third kappa shape index (κ3) is 3.28. The molecule has 1 aliphatic carbocycles. The summed E-state index contributed by atoms with van der Waals surface area (Å²) in [6.45, 7) is 4.54. The molecule has 0 saturated carbocycles. The minimum atomic E-state index is 0.0566. The monoisotopic (exact) mass is 357 g/mol. The van der Waals surface area contributed by atoms with Crippen molar-refractivity contribution in [2.24, 2.45) is 0 Å². The first-order chi connectivity index (χ1) is 12.6. The van der Waals surface area contributed by atoms with Crippen LogP contribution in [0, 0.1) is 0 Å². The van der Waals surface area contributed by atoms with Crippen LogP contribution in [0.5, 0.6) is 0 Å². The molecule has 1 aromatic carbocycles. The highest BCUT2D eigenvalue weighted by molar-refractivity contribution is 5.76. The van der Waals surface area contributed by atoms with Crippen LogP contribution in [0.2, 0.25) is 0 Å². The van der Waals surface area contributed by atoms with Gasteiger partial charge in [0.2, 0.25) is 5.91 Å². The van der Waals surface area contributed by atoms with Crippen molar-refractivity contribution in [3.05, 3.63) is 35.4 Å². The van der Waals surface area contributed by atoms with Crippen molar-refractivity contribution < 1.29 is 9.90 Å². The van der Waals surface area contributed by atoms with Crippen molar-refractivity contribution in [3.8, 4) is 0 Å². The topological polar surface area (TPSA) is 47.0 Å². The van der Waals surface area contributed by atoms with Crippen LogP contribution in [-0.4, -0.2) is 83.7 Å². The van der Waals surface area contributed by atoms with E-state index in [2.05, 4.69) is 41.1 Å². The smallest absolute Gasteiger partial charge is 0.222 e. The fraction of sp³-hybridized carbons (Fsp3) is 0.667. The molecule has 0 radical (unpaired) electrons. The van der Waals surface area contributed by atoms with Crippen LogP contribution < -0.4 is 0 Å². The van der Waals surface area contributed by atoms with E-state index in [-0.39, 0.29) is 18.1 Å². The number of β-amino-alcohol motifs (C(OH)–C–C–N with tert-alkyl or cyclic N) is 1. The first kappa shape index (κ1) is 18.0. The van der Waals surface area contributed by atoms with E-state index in [9.17, 15) is 9.90 Å². The summed E-state index contributed by atoms with van der Waals surface area (Å²) in [5.41, 5.74) is 3.11. The quantitative estimate of drug-likeness (QED) is 0.881. The van der Waals surface area contributed by atoms with E-state index >= 15 is 0 Å². The highest BCUT2D eigenvalue weighted by Gasteiger charge is 2.44. The van der Waals surface area contributed by atoms with Crippen LogP contribution in [0.4, 0.5) is 0 Å². The van der Waals surface area contributed by atoms with Crippen molar-refractivity contribution in [1.29, 1.82) is 0 Å². The molecule has 1 N–H and O–H groups in total. The molecule has 142 valence electrons. The average molecular weight is 357 g/mol. The molecule has 2 heterocycles. The summed E-state index contributed by atoms with van der Waals surface area (Å²) in [5.74, 6) is 0.203. The van der Waals surface area contributed by atoms with Crippen molar-refractivity contribution in [2.75, 3.05) is 46.4 Å². The SMILES string of the molecule is CN1CCN(C2Cc3ccccc3C2)CC12CCC(=O)N(CCO)CC2. The van der Waals surface area contributed by atoms with Gasteiger partial charge in [0, 0.05) is 50.7 Å². The van der Waals surface area contributed by atoms with Crippen molar-refractivity contribution >= 4 is 5.91 Å². The lowest BCUT2D eigenvalue weighted by atomic mass is 9.85. The van der Waals surface area contributed by atoms with Crippen LogP contribution in [0.25, 0.3) is 0 Å². The third-order valence-electron chi connectivity index (χ3n) is 6.95. The molecule has 0 bridgehead atoms. The van der Waals surface area contributed by atoms with E-state index in [0.717, 1.165) is 51.9 Å². The Kier molecular flexibility index (Phi) is 5.04. The maximum atomic E-state index is 12.4. The fourth-order valence-corrected chi connectivity index (χ4v) is 5.19. The zero-order valence-electron chi connectivity index (χ0n) is 15.9. The molecule has 1 unspecified atom stereocenters. The van der Waals surface area contributed by atoms with Gasteiger partial charge in [0.15, 0.2) is 0 Å². The van der Waals surface area contributed by atoms with Gasteiger partial charge in [-0.15, -0.1) is 0 Å². The molecule has 26 heavy (non-hydrogen) atoms. The number of rotatable bonds is 3. The number of amides is 1. The van der Waals surface area contributed by atoms with Gasteiger partial charge in [0.1, 0.15) is 0 Å². The number of hydrogen-bond acceptors (Lipinski definition) is 4. The molecule has 1 spiro atoms. The second-order valence-corrected chi connectivity index (χ2v) is 8.30. The number of hydrogen-bond donors (Lipinski definition) is 1. The number of nitrogens with zero attached hydrogens (tertiary/aromatic N) is 3. The average Bonchev–Trinajstić information content (AvgIpc) is 3.02. The molecule has 2 fully saturated rings. The predicted octanol–water partition coefficient (Wildman–Crippen LogP) is 1.14. The van der Waals surface area contributed by atoms with Crippen molar-refractivity contribution in [3.63, 3.8) is 0 Å². The Morgan fingerprint density at radius 2 is 1.85 bits per heavy atom. The molecule has 5 nitrogen and oxygen atoms in total. The Morgan fingerprint density at radius 1 is 1.12 bits per heavy atom. The molecule has 1 aromatic rings. The van der Waals surface area contributed by atoms with Gasteiger partial charge in [-0.05, 0) is 43.9 Å². The highest BCUT2D eigenvalue weighted by atomic mass is 16.3. The summed E-state index contributed by atoms with van der Waals surface area (Å²) in [7, 11) is 2.23. The van der Waals surface area contributed by atoms with Crippen molar-refractivity contribution in [1.82, 2.24) is 14.7 Å². The molecule has 1 amide bonds. The third-order valence-corrected chi connectivity index (χ3v) is 6.95. The Hall–Kier alpha value is -1.43. The Labute approximate surface area is 156 Å². The van der Waals surface area contributed by atoms with Gasteiger partial charge in [0.05, 0.1) is 6.61 Å². The summed E-state index contributed by atoms with van der Waals surface area (Å²) >= 11 is 0. The van der Waals surface area contributed by atoms with Gasteiger partial charge < -0.3 is 10.0 Å². The number of benzene rings is 1. The van der Waals surface area contributed by atoms with Gasteiger partial charge in [-0.3, -0.25) is 14.6 Å². The molecule has 2 aliphatic heterocycles. The zero-order chi connectivity index (χ0) is 18.1. The standard InChI is InChI=1S/C21H31N3O2/c1-22-10-11-24(19-14-17-4-2-3-5-18(17)15-19)16-21(22)7-6-20(26)23(9-8-21)12-13-25/h2-5,19,25H,6-16H2,1H3. The Balaban J connectivity index is 1.48. The Morgan fingerprint density at radius 3 is 2.54 bits per heavy atom. The van der Waals surface area contributed by atoms with Gasteiger partial charge in [0.25, 0.3) is 0 Å². The van der Waals surface area contributed by atoms with E-state index < -0.39 is 0 Å². The molecular weight excluding hydrogens is 326 g/mol. The fourth-order valence-electron chi connectivity index (χ4n) is 5.19. The number of likely N-dealkylation sites (tertiary alicyclic amines) is 1. The number of piperazine rings is 1. The normalized spacial score (nSPS) is 28.5. The number of likely N-dealkylation sites (N-methyl/N-ethyl adjacent to an activating group) is 1. The molecule has 3 aliphatic rings. The number of aliphatic hydroxyl groups excluding tert-OH is 1. The second-order valence-electron chi connectivity index (χ2n) is 8.30. The summed E-state index contributed by atoms with van der Waals surface area (Å²) in [4.78, 5) is 19.4. The van der Waals surface area contributed by atoms with E-state index in [1.807, 2.05) is 4.90 Å². The summed E-state index contributed by atoms with van der Waals surface area (Å²) < 4.78 is 0. The molecular formula is C21H31N3O2. The first-order valence-electron chi connectivity index (χ1n) is 10.0. The van der Waals surface area contributed by atoms with Crippen molar-refractivity contribution in [2.45, 2.75) is 43.7 Å². The molecule has 0 aromatic heterocycles. The van der Waals surface area contributed by atoms with Crippen LogP contribution in [0.3, 0.4) is 0 Å². The maximum Gasteiger partial charge on any atom is 0.222 e. The van der Waals surface area contributed by atoms with Gasteiger partial charge >= 0.3 is 0 Å². The van der Waals surface area contributed by atoms with E-state index in [1.54, 1.807) is 0 Å². The van der Waals surface area contributed by atoms with Gasteiger partial charge in [-0.25, -0.2) is 0 Å². The lowest BCUT2D eigenvalue weighted by Gasteiger charge is -2.51. The number of aliphatic hydroxyl groups is 1. The lowest BCUT2D eigenvalue weighted by molar-refractivity contribution is -0.131. The second kappa shape index (κ2) is 7.29. The summed E-state index contributed by atoms with van der Waals surface area (Å²) in [6, 6.07) is 9.46. The summed E-state index contributed by atoms with van der Waals surface area (Å²) in [6.07, 6.45) is 4.85. The van der Waals surface area contributed by atoms with Crippen LogP contribution in [0.1, 0.15) is 30.4 Å². The van der Waals surface area contributed by atoms with Gasteiger partial charge in [-0.2, -0.15) is 0 Å². The maximum absolute atomic E-state index is 12.4. The van der Waals surface area contributed by atoms with E-state index in [4.69, 9.17) is 0 Å². The lowest BCUT2D eigenvalue weighted by Crippen LogP contribution is -2.63. The highest BCUT2D eigenvalue weighted by Crippen LogP contribution is 2.35. The van der Waals surface area contributed by atoms with E-state index in [1.165, 1.54) is 11.1 Å².